The summed E-state index contributed by atoms with van der Waals surface area (Å²) < 4.78 is 12.8. The molecule has 1 fully saturated rings. The first kappa shape index (κ1) is 11.5. The van der Waals surface area contributed by atoms with Gasteiger partial charge in [0, 0.05) is 17.7 Å². The van der Waals surface area contributed by atoms with Crippen LogP contribution in [0.4, 0.5) is 4.39 Å². The lowest BCUT2D eigenvalue weighted by molar-refractivity contribution is 0.0961. The number of aromatic nitrogens is 1. The van der Waals surface area contributed by atoms with Gasteiger partial charge in [-0.3, -0.25) is 4.98 Å². The van der Waals surface area contributed by atoms with E-state index in [0.29, 0.717) is 6.54 Å². The van der Waals surface area contributed by atoms with Gasteiger partial charge in [0.1, 0.15) is 5.82 Å². The molecule has 0 aliphatic heterocycles. The molecule has 1 aromatic rings. The number of halogens is 1. The summed E-state index contributed by atoms with van der Waals surface area (Å²) in [5, 5.41) is 9.51. The van der Waals surface area contributed by atoms with E-state index in [1.165, 1.54) is 12.3 Å². The number of hydrogen-bond donors (Lipinski definition) is 2. The molecule has 0 saturated heterocycles. The van der Waals surface area contributed by atoms with E-state index in [0.717, 1.165) is 31.4 Å². The van der Waals surface area contributed by atoms with Gasteiger partial charge in [0.25, 0.3) is 0 Å². The minimum Gasteiger partial charge on any atom is -0.393 e. The van der Waals surface area contributed by atoms with E-state index in [-0.39, 0.29) is 17.3 Å². The van der Waals surface area contributed by atoms with Crippen molar-refractivity contribution in [3.63, 3.8) is 0 Å². The summed E-state index contributed by atoms with van der Waals surface area (Å²) in [6, 6.07) is 3.13. The van der Waals surface area contributed by atoms with Gasteiger partial charge in [0.15, 0.2) is 0 Å². The Labute approximate surface area is 94.5 Å². The van der Waals surface area contributed by atoms with E-state index >= 15 is 0 Å². The van der Waals surface area contributed by atoms with Gasteiger partial charge in [-0.2, -0.15) is 0 Å². The summed E-state index contributed by atoms with van der Waals surface area (Å²) in [4.78, 5) is 4.13. The fraction of sp³-hybridized carbons (Fsp3) is 0.583. The number of pyridine rings is 1. The van der Waals surface area contributed by atoms with Crippen LogP contribution >= 0.6 is 0 Å². The standard InChI is InChI=1S/C12H17FN2O/c13-9-1-2-11(15-7-9)12(8-14)5-3-10(16)4-6-12/h1-2,7,10,16H,3-6,8,14H2. The first-order valence-corrected chi connectivity index (χ1v) is 5.66. The highest BCUT2D eigenvalue weighted by atomic mass is 19.1. The summed E-state index contributed by atoms with van der Waals surface area (Å²) >= 11 is 0. The van der Waals surface area contributed by atoms with Crippen LogP contribution < -0.4 is 5.73 Å². The third-order valence-corrected chi connectivity index (χ3v) is 3.57. The summed E-state index contributed by atoms with van der Waals surface area (Å²) in [7, 11) is 0. The van der Waals surface area contributed by atoms with Gasteiger partial charge in [0.05, 0.1) is 12.3 Å². The lowest BCUT2D eigenvalue weighted by Gasteiger charge is -2.37. The van der Waals surface area contributed by atoms with Crippen LogP contribution in [0.1, 0.15) is 31.4 Å². The Balaban J connectivity index is 2.24. The van der Waals surface area contributed by atoms with Gasteiger partial charge in [-0.15, -0.1) is 0 Å². The quantitative estimate of drug-likeness (QED) is 0.797. The number of aliphatic hydroxyl groups is 1. The number of nitrogens with two attached hydrogens (primary N) is 1. The smallest absolute Gasteiger partial charge is 0.141 e. The van der Waals surface area contributed by atoms with E-state index < -0.39 is 0 Å². The van der Waals surface area contributed by atoms with Crippen LogP contribution in [0.25, 0.3) is 0 Å². The maximum Gasteiger partial charge on any atom is 0.141 e. The number of nitrogens with zero attached hydrogens (tertiary/aromatic N) is 1. The Morgan fingerprint density at radius 2 is 2.12 bits per heavy atom. The van der Waals surface area contributed by atoms with E-state index in [1.54, 1.807) is 6.07 Å². The normalized spacial score (nSPS) is 30.3. The molecule has 16 heavy (non-hydrogen) atoms. The third-order valence-electron chi connectivity index (χ3n) is 3.57. The molecular weight excluding hydrogens is 207 g/mol. The Hall–Kier alpha value is -1.00. The molecule has 0 bridgehead atoms. The van der Waals surface area contributed by atoms with Gasteiger partial charge in [-0.05, 0) is 37.8 Å². The molecule has 2 rings (SSSR count). The van der Waals surface area contributed by atoms with Crippen molar-refractivity contribution in [3.8, 4) is 0 Å². The Bertz CT molecular complexity index is 345. The largest absolute Gasteiger partial charge is 0.393 e. The van der Waals surface area contributed by atoms with Crippen molar-refractivity contribution in [1.82, 2.24) is 4.98 Å². The second-order valence-corrected chi connectivity index (χ2v) is 4.58. The topological polar surface area (TPSA) is 59.1 Å². The molecule has 1 aromatic heterocycles. The first-order chi connectivity index (χ1) is 7.66. The highest BCUT2D eigenvalue weighted by molar-refractivity contribution is 5.19. The second-order valence-electron chi connectivity index (χ2n) is 4.58. The van der Waals surface area contributed by atoms with E-state index in [1.807, 2.05) is 0 Å². The molecule has 3 nitrogen and oxygen atoms in total. The second kappa shape index (κ2) is 4.47. The number of hydrogen-bond acceptors (Lipinski definition) is 3. The molecule has 1 saturated carbocycles. The highest BCUT2D eigenvalue weighted by Gasteiger charge is 2.36. The zero-order chi connectivity index (χ0) is 11.6. The van der Waals surface area contributed by atoms with Gasteiger partial charge in [0.2, 0.25) is 0 Å². The van der Waals surface area contributed by atoms with Crippen molar-refractivity contribution in [2.24, 2.45) is 5.73 Å². The molecular formula is C12H17FN2O. The lowest BCUT2D eigenvalue weighted by atomic mass is 9.71. The van der Waals surface area contributed by atoms with E-state index in [9.17, 15) is 9.50 Å². The van der Waals surface area contributed by atoms with Crippen LogP contribution in [0.5, 0.6) is 0 Å². The fourth-order valence-corrected chi connectivity index (χ4v) is 2.41. The Morgan fingerprint density at radius 3 is 2.62 bits per heavy atom. The highest BCUT2D eigenvalue weighted by Crippen LogP contribution is 2.37. The molecule has 1 aliphatic rings. The predicted molar refractivity (Wildman–Crippen MR) is 59.4 cm³/mol. The SMILES string of the molecule is NCC1(c2ccc(F)cn2)CCC(O)CC1. The molecule has 3 N–H and O–H groups in total. The minimum absolute atomic E-state index is 0.174. The maximum atomic E-state index is 12.8. The Morgan fingerprint density at radius 1 is 1.44 bits per heavy atom. The summed E-state index contributed by atoms with van der Waals surface area (Å²) in [5.74, 6) is -0.327. The number of rotatable bonds is 2. The zero-order valence-corrected chi connectivity index (χ0v) is 9.19. The van der Waals surface area contributed by atoms with Crippen molar-refractivity contribution >= 4 is 0 Å². The summed E-state index contributed by atoms with van der Waals surface area (Å²) in [6.45, 7) is 0.498. The molecule has 0 radical (unpaired) electrons. The molecule has 0 unspecified atom stereocenters. The van der Waals surface area contributed by atoms with Crippen molar-refractivity contribution in [1.29, 1.82) is 0 Å². The fourth-order valence-electron chi connectivity index (χ4n) is 2.41. The van der Waals surface area contributed by atoms with Crippen LogP contribution in [-0.4, -0.2) is 22.7 Å². The van der Waals surface area contributed by atoms with Gasteiger partial charge < -0.3 is 10.8 Å². The molecule has 0 amide bonds. The molecule has 1 aliphatic carbocycles. The third kappa shape index (κ3) is 2.08. The van der Waals surface area contributed by atoms with Crippen LogP contribution in [0, 0.1) is 5.82 Å². The van der Waals surface area contributed by atoms with Crippen molar-refractivity contribution < 1.29 is 9.50 Å². The van der Waals surface area contributed by atoms with Gasteiger partial charge in [-0.1, -0.05) is 0 Å². The van der Waals surface area contributed by atoms with E-state index in [4.69, 9.17) is 5.73 Å². The molecule has 88 valence electrons. The molecule has 0 atom stereocenters. The van der Waals surface area contributed by atoms with Crippen LogP contribution in [0.15, 0.2) is 18.3 Å². The minimum atomic E-state index is -0.327. The first-order valence-electron chi connectivity index (χ1n) is 5.66. The maximum absolute atomic E-state index is 12.8. The van der Waals surface area contributed by atoms with Gasteiger partial charge >= 0.3 is 0 Å². The number of aliphatic hydroxyl groups excluding tert-OH is 1. The van der Waals surface area contributed by atoms with Crippen molar-refractivity contribution in [3.05, 3.63) is 29.8 Å². The molecule has 4 heteroatoms. The average molecular weight is 224 g/mol. The predicted octanol–water partition coefficient (Wildman–Crippen LogP) is 1.35. The zero-order valence-electron chi connectivity index (χ0n) is 9.19. The van der Waals surface area contributed by atoms with Crippen molar-refractivity contribution in [2.45, 2.75) is 37.2 Å². The molecule has 0 spiro atoms. The lowest BCUT2D eigenvalue weighted by Crippen LogP contribution is -2.40. The monoisotopic (exact) mass is 224 g/mol. The molecule has 0 aromatic carbocycles. The summed E-state index contributed by atoms with van der Waals surface area (Å²) in [6.07, 6.45) is 4.15. The average Bonchev–Trinajstić information content (AvgIpc) is 2.32. The van der Waals surface area contributed by atoms with E-state index in [2.05, 4.69) is 4.98 Å². The van der Waals surface area contributed by atoms with Crippen molar-refractivity contribution in [2.75, 3.05) is 6.54 Å². The van der Waals surface area contributed by atoms with Crippen LogP contribution in [0.2, 0.25) is 0 Å². The molecule has 1 heterocycles. The van der Waals surface area contributed by atoms with Gasteiger partial charge in [-0.25, -0.2) is 4.39 Å². The summed E-state index contributed by atoms with van der Waals surface area (Å²) in [5.41, 5.74) is 6.51. The van der Waals surface area contributed by atoms with Crippen LogP contribution in [0.3, 0.4) is 0 Å². The van der Waals surface area contributed by atoms with Crippen LogP contribution in [-0.2, 0) is 5.41 Å². The Kier molecular flexibility index (Phi) is 3.21.